The zero-order chi connectivity index (χ0) is 18.0. The van der Waals surface area contributed by atoms with Gasteiger partial charge in [0.15, 0.2) is 0 Å². The fourth-order valence-electron chi connectivity index (χ4n) is 3.52. The molecule has 2 amide bonds. The van der Waals surface area contributed by atoms with Crippen molar-refractivity contribution in [1.82, 2.24) is 19.8 Å². The van der Waals surface area contributed by atoms with Crippen molar-refractivity contribution in [2.45, 2.75) is 77.9 Å². The van der Waals surface area contributed by atoms with Gasteiger partial charge in [0.25, 0.3) is 0 Å². The van der Waals surface area contributed by atoms with Gasteiger partial charge in [-0.2, -0.15) is 0 Å². The second-order valence-electron chi connectivity index (χ2n) is 7.85. The summed E-state index contributed by atoms with van der Waals surface area (Å²) in [5, 5.41) is 3.06. The molecular formula is C19H30N4O2. The van der Waals surface area contributed by atoms with Gasteiger partial charge < -0.3 is 14.8 Å². The number of imidazole rings is 1. The number of hydrogen-bond donors (Lipinski definition) is 1. The average Bonchev–Trinajstić information content (AvgIpc) is 2.92. The lowest BCUT2D eigenvalue weighted by atomic mass is 9.93. The first-order valence-corrected chi connectivity index (χ1v) is 9.59. The normalized spacial score (nSPS) is 20.3. The molecule has 138 valence electrons. The fraction of sp³-hybridized carbons (Fsp3) is 0.737. The quantitative estimate of drug-likeness (QED) is 0.860. The molecule has 1 fully saturated rings. The van der Waals surface area contributed by atoms with E-state index in [1.54, 1.807) is 0 Å². The third-order valence-corrected chi connectivity index (χ3v) is 5.35. The topological polar surface area (TPSA) is 67.2 Å². The Balaban J connectivity index is 1.61. The summed E-state index contributed by atoms with van der Waals surface area (Å²) in [4.78, 5) is 31.2. The lowest BCUT2D eigenvalue weighted by Crippen LogP contribution is -2.41. The number of rotatable bonds is 6. The molecule has 0 aromatic carbocycles. The zero-order valence-electron chi connectivity index (χ0n) is 15.6. The Morgan fingerprint density at radius 2 is 2.08 bits per heavy atom. The van der Waals surface area contributed by atoms with E-state index in [1.807, 2.05) is 18.0 Å². The van der Waals surface area contributed by atoms with Crippen LogP contribution in [0.2, 0.25) is 0 Å². The number of hydrogen-bond acceptors (Lipinski definition) is 3. The highest BCUT2D eigenvalue weighted by molar-refractivity contribution is 5.78. The molecule has 6 nitrogen and oxygen atoms in total. The summed E-state index contributed by atoms with van der Waals surface area (Å²) in [7, 11) is 0. The van der Waals surface area contributed by atoms with E-state index in [0.29, 0.717) is 24.8 Å². The smallest absolute Gasteiger partial charge is 0.226 e. The van der Waals surface area contributed by atoms with Crippen molar-refractivity contribution in [2.75, 3.05) is 6.54 Å². The Labute approximate surface area is 150 Å². The van der Waals surface area contributed by atoms with Crippen molar-refractivity contribution in [1.29, 1.82) is 0 Å². The molecule has 6 heteroatoms. The van der Waals surface area contributed by atoms with Crippen molar-refractivity contribution in [3.8, 4) is 0 Å². The van der Waals surface area contributed by atoms with Gasteiger partial charge in [-0.3, -0.25) is 9.59 Å². The Morgan fingerprint density at radius 1 is 1.32 bits per heavy atom. The summed E-state index contributed by atoms with van der Waals surface area (Å²) >= 11 is 0. The van der Waals surface area contributed by atoms with Crippen LogP contribution >= 0.6 is 0 Å². The van der Waals surface area contributed by atoms with Crippen LogP contribution in [0.15, 0.2) is 6.20 Å². The summed E-state index contributed by atoms with van der Waals surface area (Å²) in [5.41, 5.74) is 0.801. The SMILES string of the molecule is CC(C)CCC(=O)N1CCn2cc(CC(=O)NC3CCC3)nc2[C@@H]1C. The van der Waals surface area contributed by atoms with Crippen molar-refractivity contribution in [2.24, 2.45) is 5.92 Å². The van der Waals surface area contributed by atoms with E-state index in [4.69, 9.17) is 0 Å². The largest absolute Gasteiger partial charge is 0.353 e. The summed E-state index contributed by atoms with van der Waals surface area (Å²) in [6.45, 7) is 7.78. The number of fused-ring (bicyclic) bond motifs is 1. The van der Waals surface area contributed by atoms with E-state index >= 15 is 0 Å². The summed E-state index contributed by atoms with van der Waals surface area (Å²) < 4.78 is 2.10. The van der Waals surface area contributed by atoms with Crippen LogP contribution in [0.1, 0.15) is 70.4 Å². The van der Waals surface area contributed by atoms with Gasteiger partial charge in [-0.1, -0.05) is 13.8 Å². The second-order valence-corrected chi connectivity index (χ2v) is 7.85. The lowest BCUT2D eigenvalue weighted by Gasteiger charge is -2.34. The molecule has 2 aliphatic rings. The van der Waals surface area contributed by atoms with Gasteiger partial charge in [0, 0.05) is 31.7 Å². The molecule has 1 aromatic heterocycles. The van der Waals surface area contributed by atoms with Gasteiger partial charge in [-0.25, -0.2) is 4.98 Å². The highest BCUT2D eigenvalue weighted by Gasteiger charge is 2.30. The van der Waals surface area contributed by atoms with Gasteiger partial charge in [0.1, 0.15) is 5.82 Å². The Kier molecular flexibility index (Phi) is 5.45. The Hall–Kier alpha value is -1.85. The molecule has 2 heterocycles. The molecular weight excluding hydrogens is 316 g/mol. The van der Waals surface area contributed by atoms with Crippen LogP contribution < -0.4 is 5.32 Å². The van der Waals surface area contributed by atoms with E-state index in [-0.39, 0.29) is 17.9 Å². The van der Waals surface area contributed by atoms with E-state index in [0.717, 1.165) is 43.9 Å². The van der Waals surface area contributed by atoms with Crippen LogP contribution in [0.25, 0.3) is 0 Å². The molecule has 1 aliphatic heterocycles. The van der Waals surface area contributed by atoms with Crippen molar-refractivity contribution < 1.29 is 9.59 Å². The van der Waals surface area contributed by atoms with Crippen LogP contribution in [0.4, 0.5) is 0 Å². The maximum Gasteiger partial charge on any atom is 0.226 e. The van der Waals surface area contributed by atoms with E-state index in [2.05, 4.69) is 28.7 Å². The highest BCUT2D eigenvalue weighted by atomic mass is 16.2. The minimum atomic E-state index is -0.0307. The summed E-state index contributed by atoms with van der Waals surface area (Å²) in [6.07, 6.45) is 7.21. The first-order chi connectivity index (χ1) is 11.9. The molecule has 25 heavy (non-hydrogen) atoms. The third-order valence-electron chi connectivity index (χ3n) is 5.35. The first kappa shape index (κ1) is 18.0. The second kappa shape index (κ2) is 7.58. The highest BCUT2D eigenvalue weighted by Crippen LogP contribution is 2.26. The molecule has 1 N–H and O–H groups in total. The number of carbonyl (C=O) groups is 2. The monoisotopic (exact) mass is 346 g/mol. The van der Waals surface area contributed by atoms with Gasteiger partial charge in [0.2, 0.25) is 11.8 Å². The summed E-state index contributed by atoms with van der Waals surface area (Å²) in [5.74, 6) is 1.69. The maximum absolute atomic E-state index is 12.5. The average molecular weight is 346 g/mol. The van der Waals surface area contributed by atoms with Crippen LogP contribution in [0.3, 0.4) is 0 Å². The van der Waals surface area contributed by atoms with Gasteiger partial charge in [-0.05, 0) is 38.5 Å². The summed E-state index contributed by atoms with van der Waals surface area (Å²) in [6, 6.07) is 0.328. The molecule has 0 unspecified atom stereocenters. The van der Waals surface area contributed by atoms with Crippen LogP contribution in [0.5, 0.6) is 0 Å². The standard InChI is InChI=1S/C19H30N4O2/c1-13(2)7-8-18(25)23-10-9-22-12-16(21-19(22)14(23)3)11-17(24)20-15-5-4-6-15/h12-15H,4-11H2,1-3H3,(H,20,24)/t14-/m0/s1. The molecule has 0 radical (unpaired) electrons. The maximum atomic E-state index is 12.5. The van der Waals surface area contributed by atoms with Crippen molar-refractivity contribution >= 4 is 11.8 Å². The van der Waals surface area contributed by atoms with Gasteiger partial charge >= 0.3 is 0 Å². The molecule has 0 bridgehead atoms. The van der Waals surface area contributed by atoms with Crippen molar-refractivity contribution in [3.63, 3.8) is 0 Å². The third kappa shape index (κ3) is 4.22. The lowest BCUT2D eigenvalue weighted by molar-refractivity contribution is -0.134. The fourth-order valence-corrected chi connectivity index (χ4v) is 3.52. The van der Waals surface area contributed by atoms with Gasteiger partial charge in [-0.15, -0.1) is 0 Å². The van der Waals surface area contributed by atoms with Crippen LogP contribution in [-0.2, 0) is 22.6 Å². The molecule has 1 saturated carbocycles. The number of aromatic nitrogens is 2. The zero-order valence-corrected chi connectivity index (χ0v) is 15.6. The van der Waals surface area contributed by atoms with Crippen molar-refractivity contribution in [3.05, 3.63) is 17.7 Å². The molecule has 1 aliphatic carbocycles. The molecule has 0 spiro atoms. The van der Waals surface area contributed by atoms with E-state index in [9.17, 15) is 9.59 Å². The minimum Gasteiger partial charge on any atom is -0.353 e. The number of nitrogens with one attached hydrogen (secondary N) is 1. The van der Waals surface area contributed by atoms with Crippen LogP contribution in [0, 0.1) is 5.92 Å². The van der Waals surface area contributed by atoms with E-state index in [1.165, 1.54) is 6.42 Å². The number of nitrogens with zero attached hydrogens (tertiary/aromatic N) is 3. The molecule has 3 rings (SSSR count). The Morgan fingerprint density at radius 3 is 2.72 bits per heavy atom. The minimum absolute atomic E-state index is 0.0307. The molecule has 0 saturated heterocycles. The predicted octanol–water partition coefficient (Wildman–Crippen LogP) is 2.43. The van der Waals surface area contributed by atoms with Crippen LogP contribution in [-0.4, -0.2) is 38.9 Å². The Bertz CT molecular complexity index is 633. The van der Waals surface area contributed by atoms with Gasteiger partial charge in [0.05, 0.1) is 18.2 Å². The molecule has 1 aromatic rings. The van der Waals surface area contributed by atoms with E-state index < -0.39 is 0 Å². The number of amides is 2. The first-order valence-electron chi connectivity index (χ1n) is 9.59. The predicted molar refractivity (Wildman–Crippen MR) is 95.9 cm³/mol. The number of carbonyl (C=O) groups excluding carboxylic acids is 2. The molecule has 1 atom stereocenters.